The van der Waals surface area contributed by atoms with Gasteiger partial charge in [0.15, 0.2) is 5.11 Å². The van der Waals surface area contributed by atoms with Crippen molar-refractivity contribution in [1.82, 2.24) is 5.32 Å². The number of rotatable bonds is 3. The molecule has 2 bridgehead atoms. The molecule has 4 rings (SSSR count). The Kier molecular flexibility index (Phi) is 5.09. The lowest BCUT2D eigenvalue weighted by Gasteiger charge is -2.55. The third kappa shape index (κ3) is 3.21. The molecule has 29 heavy (non-hydrogen) atoms. The Morgan fingerprint density at radius 3 is 2.69 bits per heavy atom. The van der Waals surface area contributed by atoms with Crippen LogP contribution in [0.5, 0.6) is 5.75 Å². The van der Waals surface area contributed by atoms with E-state index in [1.807, 2.05) is 0 Å². The van der Waals surface area contributed by atoms with Gasteiger partial charge in [-0.15, -0.1) is 0 Å². The maximum atomic E-state index is 13.5. The number of nitrogens with zero attached hydrogens (tertiary/aromatic N) is 1. The number of anilines is 1. The molecular formula is C20H17Cl2FN2O3S. The van der Waals surface area contributed by atoms with E-state index in [9.17, 15) is 9.18 Å². The Hall–Kier alpha value is -2.09. The molecule has 1 saturated heterocycles. The molecule has 152 valence electrons. The van der Waals surface area contributed by atoms with Crippen molar-refractivity contribution >= 4 is 52.2 Å². The van der Waals surface area contributed by atoms with E-state index in [4.69, 9.17) is 44.9 Å². The summed E-state index contributed by atoms with van der Waals surface area (Å²) in [5, 5.41) is 4.26. The van der Waals surface area contributed by atoms with Gasteiger partial charge >= 0.3 is 5.97 Å². The van der Waals surface area contributed by atoms with Crippen molar-refractivity contribution in [3.8, 4) is 5.75 Å². The highest BCUT2D eigenvalue weighted by Gasteiger charge is 2.60. The average Bonchev–Trinajstić information content (AvgIpc) is 2.64. The van der Waals surface area contributed by atoms with Crippen molar-refractivity contribution in [2.45, 2.75) is 25.6 Å². The van der Waals surface area contributed by atoms with Gasteiger partial charge in [-0.25, -0.2) is 4.39 Å². The zero-order valence-electron chi connectivity index (χ0n) is 15.5. The lowest BCUT2D eigenvalue weighted by atomic mass is 9.79. The summed E-state index contributed by atoms with van der Waals surface area (Å²) in [6, 6.07) is 8.49. The zero-order chi connectivity index (χ0) is 20.9. The number of carbonyl (C=O) groups excluding carboxylic acids is 1. The van der Waals surface area contributed by atoms with Crippen LogP contribution in [0.1, 0.15) is 25.5 Å². The van der Waals surface area contributed by atoms with Crippen LogP contribution >= 0.6 is 35.4 Å². The van der Waals surface area contributed by atoms with Crippen LogP contribution < -0.4 is 15.0 Å². The van der Waals surface area contributed by atoms with E-state index >= 15 is 0 Å². The van der Waals surface area contributed by atoms with Crippen LogP contribution in [0.3, 0.4) is 0 Å². The van der Waals surface area contributed by atoms with E-state index in [2.05, 4.69) is 5.32 Å². The minimum atomic E-state index is -1.26. The molecule has 2 aliphatic heterocycles. The molecule has 3 atom stereocenters. The number of fused-ring (bicyclic) bond motifs is 4. The molecule has 0 saturated carbocycles. The summed E-state index contributed by atoms with van der Waals surface area (Å²) in [4.78, 5) is 14.6. The Balaban J connectivity index is 1.92. The highest BCUT2D eigenvalue weighted by molar-refractivity contribution is 7.80. The van der Waals surface area contributed by atoms with Crippen molar-refractivity contribution in [1.29, 1.82) is 0 Å². The molecule has 2 aromatic rings. The monoisotopic (exact) mass is 454 g/mol. The highest BCUT2D eigenvalue weighted by atomic mass is 35.5. The van der Waals surface area contributed by atoms with E-state index in [1.54, 1.807) is 43.0 Å². The van der Waals surface area contributed by atoms with Crippen LogP contribution in [0.25, 0.3) is 0 Å². The maximum Gasteiger partial charge on any atom is 0.317 e. The SMILES string of the molecule is CCOC(=O)[C@H]1[C@H]2NC(=S)N(c3ccc(F)cc3)[C@@]1(C)Oc1c(Cl)cc(Cl)cc12. The number of thiocarbonyl (C=S) groups is 1. The Bertz CT molecular complexity index is 1000. The number of halogens is 3. The average molecular weight is 455 g/mol. The Labute approximate surface area is 182 Å². The second kappa shape index (κ2) is 7.31. The molecule has 0 aliphatic carbocycles. The van der Waals surface area contributed by atoms with Crippen molar-refractivity contribution in [3.63, 3.8) is 0 Å². The molecule has 9 heteroatoms. The van der Waals surface area contributed by atoms with Gasteiger partial charge in [0.1, 0.15) is 17.5 Å². The number of ether oxygens (including phenoxy) is 2. The summed E-state index contributed by atoms with van der Waals surface area (Å²) in [5.41, 5.74) is -0.0755. The van der Waals surface area contributed by atoms with Crippen molar-refractivity contribution < 1.29 is 18.7 Å². The molecule has 2 heterocycles. The van der Waals surface area contributed by atoms with Gasteiger partial charge in [-0.3, -0.25) is 9.69 Å². The number of nitrogens with one attached hydrogen (secondary N) is 1. The summed E-state index contributed by atoms with van der Waals surface area (Å²) in [6.45, 7) is 3.69. The van der Waals surface area contributed by atoms with E-state index in [1.165, 1.54) is 12.1 Å². The lowest BCUT2D eigenvalue weighted by Crippen LogP contribution is -2.71. The van der Waals surface area contributed by atoms with E-state index < -0.39 is 23.7 Å². The molecule has 0 aromatic heterocycles. The third-order valence-corrected chi connectivity index (χ3v) is 5.94. The maximum absolute atomic E-state index is 13.5. The first-order chi connectivity index (χ1) is 13.8. The van der Waals surface area contributed by atoms with Gasteiger partial charge in [0.05, 0.1) is 17.7 Å². The summed E-state index contributed by atoms with van der Waals surface area (Å²) in [6.07, 6.45) is 0. The quantitative estimate of drug-likeness (QED) is 0.527. The Morgan fingerprint density at radius 1 is 1.34 bits per heavy atom. The van der Waals surface area contributed by atoms with Crippen LogP contribution in [0, 0.1) is 11.7 Å². The van der Waals surface area contributed by atoms with Crippen LogP contribution in [0.15, 0.2) is 36.4 Å². The van der Waals surface area contributed by atoms with Gasteiger partial charge in [0.2, 0.25) is 5.72 Å². The number of hydrogen-bond acceptors (Lipinski definition) is 4. The highest BCUT2D eigenvalue weighted by Crippen LogP contribution is 2.52. The van der Waals surface area contributed by atoms with Crippen LogP contribution in [0.4, 0.5) is 10.1 Å². The van der Waals surface area contributed by atoms with E-state index in [-0.39, 0.29) is 12.4 Å². The number of esters is 1. The molecule has 0 spiro atoms. The largest absolute Gasteiger partial charge is 0.466 e. The number of carbonyl (C=O) groups is 1. The Morgan fingerprint density at radius 2 is 2.03 bits per heavy atom. The summed E-state index contributed by atoms with van der Waals surface area (Å²) in [5.74, 6) is -1.22. The topological polar surface area (TPSA) is 50.8 Å². The first-order valence-electron chi connectivity index (χ1n) is 8.97. The minimum absolute atomic E-state index is 0.211. The molecule has 1 fully saturated rings. The molecule has 0 unspecified atom stereocenters. The fourth-order valence-electron chi connectivity index (χ4n) is 3.97. The van der Waals surface area contributed by atoms with Gasteiger partial charge < -0.3 is 14.8 Å². The molecule has 5 nitrogen and oxygen atoms in total. The van der Waals surface area contributed by atoms with Gasteiger partial charge in [0.25, 0.3) is 0 Å². The van der Waals surface area contributed by atoms with Crippen LogP contribution in [0.2, 0.25) is 10.0 Å². The fraction of sp³-hybridized carbons (Fsp3) is 0.300. The normalized spacial score (nSPS) is 25.0. The summed E-state index contributed by atoms with van der Waals surface area (Å²) < 4.78 is 25.2. The lowest BCUT2D eigenvalue weighted by molar-refractivity contribution is -0.159. The predicted octanol–water partition coefficient (Wildman–Crippen LogP) is 4.86. The van der Waals surface area contributed by atoms with Crippen LogP contribution in [-0.4, -0.2) is 23.4 Å². The molecule has 1 N–H and O–H groups in total. The van der Waals surface area contributed by atoms with Crippen LogP contribution in [-0.2, 0) is 9.53 Å². The summed E-state index contributed by atoms with van der Waals surface area (Å²) >= 11 is 18.2. The third-order valence-electron chi connectivity index (χ3n) is 5.14. The molecule has 2 aromatic carbocycles. The zero-order valence-corrected chi connectivity index (χ0v) is 17.9. The molecular weight excluding hydrogens is 438 g/mol. The number of hydrogen-bond donors (Lipinski definition) is 1. The molecule has 0 radical (unpaired) electrons. The second-order valence-electron chi connectivity index (χ2n) is 6.93. The second-order valence-corrected chi connectivity index (χ2v) is 8.16. The van der Waals surface area contributed by atoms with Gasteiger partial charge in [0, 0.05) is 16.3 Å². The predicted molar refractivity (Wildman–Crippen MR) is 113 cm³/mol. The molecule has 0 amide bonds. The van der Waals surface area contributed by atoms with Crippen molar-refractivity contribution in [2.75, 3.05) is 11.5 Å². The number of benzene rings is 2. The van der Waals surface area contributed by atoms with E-state index in [0.717, 1.165) is 0 Å². The first kappa shape index (κ1) is 20.2. The van der Waals surface area contributed by atoms with Gasteiger partial charge in [-0.1, -0.05) is 23.2 Å². The minimum Gasteiger partial charge on any atom is -0.466 e. The van der Waals surface area contributed by atoms with Gasteiger partial charge in [-0.05, 0) is 62.5 Å². The molecule has 2 aliphatic rings. The standard InChI is InChI=1S/C20H17Cl2FN2O3S/c1-3-27-18(26)15-16-13-8-10(21)9-14(22)17(13)28-20(15,2)25(19(29)24-16)12-6-4-11(23)5-7-12/h4-9,15-16H,3H2,1-2H3,(H,24,29)/t15-,16+,20+/m1/s1. The summed E-state index contributed by atoms with van der Waals surface area (Å²) in [7, 11) is 0. The van der Waals surface area contributed by atoms with Crippen molar-refractivity contribution in [3.05, 3.63) is 57.8 Å². The fourth-order valence-corrected chi connectivity index (χ4v) is 4.93. The smallest absolute Gasteiger partial charge is 0.317 e. The van der Waals surface area contributed by atoms with E-state index in [0.29, 0.717) is 32.2 Å². The van der Waals surface area contributed by atoms with Crippen molar-refractivity contribution in [2.24, 2.45) is 5.92 Å². The first-order valence-corrected chi connectivity index (χ1v) is 10.1. The van der Waals surface area contributed by atoms with Gasteiger partial charge in [-0.2, -0.15) is 0 Å².